The lowest BCUT2D eigenvalue weighted by molar-refractivity contribution is 0.167. The first-order valence-corrected chi connectivity index (χ1v) is 12.6. The van der Waals surface area contributed by atoms with Gasteiger partial charge in [0.1, 0.15) is 27.5 Å². The van der Waals surface area contributed by atoms with Crippen molar-refractivity contribution in [3.05, 3.63) is 88.2 Å². The molecule has 0 radical (unpaired) electrons. The number of aliphatic hydroxyl groups is 1. The number of methoxy groups -OCH3 is 2. The van der Waals surface area contributed by atoms with Gasteiger partial charge in [0.15, 0.2) is 0 Å². The zero-order valence-electron chi connectivity index (χ0n) is 18.7. The highest BCUT2D eigenvalue weighted by molar-refractivity contribution is 9.10. The van der Waals surface area contributed by atoms with Crippen LogP contribution in [0, 0.1) is 0 Å². The monoisotopic (exact) mass is 534 g/mol. The molecule has 0 aliphatic heterocycles. The molecule has 0 saturated heterocycles. The molecule has 0 aliphatic rings. The second kappa shape index (κ2) is 11.1. The Kier molecular flexibility index (Phi) is 8.47. The lowest BCUT2D eigenvalue weighted by Crippen LogP contribution is -2.39. The van der Waals surface area contributed by atoms with Crippen LogP contribution in [0.5, 0.6) is 11.5 Å². The summed E-state index contributed by atoms with van der Waals surface area (Å²) in [4.78, 5) is 4.23. The standard InChI is InChI=1S/C24H27BrN2O5S/c1-17(24(28)22-5-4-6-23(25)26-22)33(29,30)27(15-18-7-11-20(31-2)12-8-18)16-19-9-13-21(32-3)14-10-19/h4-14,17,24,28H,15-16H2,1-3H3. The Bertz CT molecular complexity index is 1100. The second-order valence-corrected chi connectivity index (χ2v) is 10.6. The molecule has 176 valence electrons. The molecule has 0 fully saturated rings. The quantitative estimate of drug-likeness (QED) is 0.389. The normalized spacial score (nSPS) is 13.5. The minimum absolute atomic E-state index is 0.140. The van der Waals surface area contributed by atoms with Gasteiger partial charge in [0, 0.05) is 13.1 Å². The average Bonchev–Trinajstić information content (AvgIpc) is 2.83. The number of hydrogen-bond acceptors (Lipinski definition) is 6. The van der Waals surface area contributed by atoms with Crippen LogP contribution in [0.15, 0.2) is 71.3 Å². The number of rotatable bonds is 10. The summed E-state index contributed by atoms with van der Waals surface area (Å²) in [5.41, 5.74) is 1.89. The van der Waals surface area contributed by atoms with Crippen molar-refractivity contribution >= 4 is 26.0 Å². The maximum absolute atomic E-state index is 13.7. The first-order valence-electron chi connectivity index (χ1n) is 10.3. The summed E-state index contributed by atoms with van der Waals surface area (Å²) >= 11 is 3.27. The molecule has 33 heavy (non-hydrogen) atoms. The number of benzene rings is 2. The van der Waals surface area contributed by atoms with Gasteiger partial charge >= 0.3 is 0 Å². The first-order chi connectivity index (χ1) is 15.7. The number of nitrogens with zero attached hydrogens (tertiary/aromatic N) is 2. The highest BCUT2D eigenvalue weighted by Gasteiger charge is 2.35. The van der Waals surface area contributed by atoms with E-state index in [-0.39, 0.29) is 18.8 Å². The van der Waals surface area contributed by atoms with E-state index >= 15 is 0 Å². The molecule has 2 atom stereocenters. The van der Waals surface area contributed by atoms with E-state index in [1.165, 1.54) is 11.2 Å². The number of aliphatic hydroxyl groups excluding tert-OH is 1. The fourth-order valence-corrected chi connectivity index (χ4v) is 5.28. The van der Waals surface area contributed by atoms with Gasteiger partial charge in [-0.15, -0.1) is 0 Å². The third-order valence-electron chi connectivity index (χ3n) is 5.35. The predicted molar refractivity (Wildman–Crippen MR) is 131 cm³/mol. The molecule has 1 N–H and O–H groups in total. The summed E-state index contributed by atoms with van der Waals surface area (Å²) in [6.07, 6.45) is -1.29. The van der Waals surface area contributed by atoms with Gasteiger partial charge in [-0.05, 0) is 70.4 Å². The van der Waals surface area contributed by atoms with Crippen LogP contribution in [-0.2, 0) is 23.1 Å². The summed E-state index contributed by atoms with van der Waals surface area (Å²) in [5, 5.41) is 9.73. The van der Waals surface area contributed by atoms with Crippen LogP contribution in [0.4, 0.5) is 0 Å². The zero-order valence-corrected chi connectivity index (χ0v) is 21.1. The Balaban J connectivity index is 1.92. The van der Waals surface area contributed by atoms with E-state index in [9.17, 15) is 13.5 Å². The number of sulfonamides is 1. The largest absolute Gasteiger partial charge is 0.497 e. The maximum atomic E-state index is 13.7. The second-order valence-electron chi connectivity index (χ2n) is 7.54. The Labute approximate surface area is 203 Å². The number of hydrogen-bond donors (Lipinski definition) is 1. The van der Waals surface area contributed by atoms with Gasteiger partial charge in [-0.25, -0.2) is 13.4 Å². The van der Waals surface area contributed by atoms with Gasteiger partial charge in [-0.3, -0.25) is 0 Å². The number of halogens is 1. The van der Waals surface area contributed by atoms with Crippen molar-refractivity contribution in [2.45, 2.75) is 31.4 Å². The van der Waals surface area contributed by atoms with Crippen LogP contribution < -0.4 is 9.47 Å². The topological polar surface area (TPSA) is 89.0 Å². The number of aromatic nitrogens is 1. The van der Waals surface area contributed by atoms with Gasteiger partial charge in [-0.2, -0.15) is 4.31 Å². The number of ether oxygens (including phenoxy) is 2. The smallest absolute Gasteiger partial charge is 0.220 e. The molecule has 2 unspecified atom stereocenters. The molecule has 0 aliphatic carbocycles. The van der Waals surface area contributed by atoms with E-state index in [1.807, 2.05) is 24.3 Å². The summed E-state index contributed by atoms with van der Waals surface area (Å²) in [5.74, 6) is 1.38. The van der Waals surface area contributed by atoms with Crippen molar-refractivity contribution in [2.24, 2.45) is 0 Å². The maximum Gasteiger partial charge on any atom is 0.220 e. The van der Waals surface area contributed by atoms with Crippen molar-refractivity contribution in [2.75, 3.05) is 14.2 Å². The summed E-state index contributed by atoms with van der Waals surface area (Å²) in [6, 6.07) is 19.5. The Morgan fingerprint density at radius 1 is 0.909 bits per heavy atom. The SMILES string of the molecule is COc1ccc(CN(Cc2ccc(OC)cc2)S(=O)(=O)C(C)C(O)c2cccc(Br)n2)cc1. The summed E-state index contributed by atoms with van der Waals surface area (Å²) in [7, 11) is -0.768. The molecule has 3 aromatic rings. The minimum atomic E-state index is -3.92. The molecule has 1 heterocycles. The lowest BCUT2D eigenvalue weighted by atomic mass is 10.2. The van der Waals surface area contributed by atoms with Crippen molar-refractivity contribution in [3.8, 4) is 11.5 Å². The number of pyridine rings is 1. The first kappa shape index (κ1) is 25.2. The van der Waals surface area contributed by atoms with Gasteiger partial charge in [0.25, 0.3) is 0 Å². The summed E-state index contributed by atoms with van der Waals surface area (Å²) < 4.78 is 39.6. The van der Waals surface area contributed by atoms with Crippen LogP contribution in [0.3, 0.4) is 0 Å². The Hall–Kier alpha value is -2.46. The zero-order chi connectivity index (χ0) is 24.0. The van der Waals surface area contributed by atoms with E-state index < -0.39 is 21.4 Å². The van der Waals surface area contributed by atoms with Crippen molar-refractivity contribution in [1.29, 1.82) is 0 Å². The van der Waals surface area contributed by atoms with Crippen molar-refractivity contribution in [1.82, 2.24) is 9.29 Å². The molecule has 0 amide bonds. The van der Waals surface area contributed by atoms with Crippen LogP contribution in [-0.4, -0.2) is 42.3 Å². The van der Waals surface area contributed by atoms with Crippen LogP contribution in [0.25, 0.3) is 0 Å². The average molecular weight is 535 g/mol. The molecular weight excluding hydrogens is 508 g/mol. The Morgan fingerprint density at radius 3 is 1.82 bits per heavy atom. The molecule has 3 rings (SSSR count). The van der Waals surface area contributed by atoms with E-state index in [0.717, 1.165) is 11.1 Å². The third-order valence-corrected chi connectivity index (χ3v) is 7.97. The molecule has 2 aromatic carbocycles. The van der Waals surface area contributed by atoms with Gasteiger partial charge in [0.2, 0.25) is 10.0 Å². The molecule has 1 aromatic heterocycles. The lowest BCUT2D eigenvalue weighted by Gasteiger charge is -2.28. The molecule has 7 nitrogen and oxygen atoms in total. The summed E-state index contributed by atoms with van der Waals surface area (Å²) in [6.45, 7) is 1.78. The third kappa shape index (κ3) is 6.32. The van der Waals surface area contributed by atoms with E-state index in [1.54, 1.807) is 56.7 Å². The Morgan fingerprint density at radius 2 is 1.39 bits per heavy atom. The molecule has 0 bridgehead atoms. The van der Waals surface area contributed by atoms with Crippen molar-refractivity contribution in [3.63, 3.8) is 0 Å². The van der Waals surface area contributed by atoms with Crippen molar-refractivity contribution < 1.29 is 23.0 Å². The molecule has 9 heteroatoms. The highest BCUT2D eigenvalue weighted by atomic mass is 79.9. The van der Waals surface area contributed by atoms with E-state index in [2.05, 4.69) is 20.9 Å². The van der Waals surface area contributed by atoms with Gasteiger partial charge in [-0.1, -0.05) is 30.3 Å². The fourth-order valence-electron chi connectivity index (χ4n) is 3.33. The van der Waals surface area contributed by atoms with Gasteiger partial charge in [0.05, 0.1) is 19.9 Å². The highest BCUT2D eigenvalue weighted by Crippen LogP contribution is 2.27. The molecular formula is C24H27BrN2O5S. The van der Waals surface area contributed by atoms with Crippen LogP contribution in [0.2, 0.25) is 0 Å². The van der Waals surface area contributed by atoms with E-state index in [0.29, 0.717) is 16.1 Å². The fraction of sp³-hybridized carbons (Fsp3) is 0.292. The van der Waals surface area contributed by atoms with E-state index in [4.69, 9.17) is 9.47 Å². The van der Waals surface area contributed by atoms with Crippen LogP contribution >= 0.6 is 15.9 Å². The minimum Gasteiger partial charge on any atom is -0.497 e. The van der Waals surface area contributed by atoms with Gasteiger partial charge < -0.3 is 14.6 Å². The molecule has 0 saturated carbocycles. The van der Waals surface area contributed by atoms with Crippen LogP contribution in [0.1, 0.15) is 29.8 Å². The molecule has 0 spiro atoms. The predicted octanol–water partition coefficient (Wildman–Crippen LogP) is 4.32.